The summed E-state index contributed by atoms with van der Waals surface area (Å²) in [5.74, 6) is 0.864. The maximum absolute atomic E-state index is 11.3. The number of ether oxygens (including phenoxy) is 3. The molecule has 0 radical (unpaired) electrons. The molecule has 8 nitrogen and oxygen atoms in total. The number of rotatable bonds is 4. The summed E-state index contributed by atoms with van der Waals surface area (Å²) in [5, 5.41) is 11.3. The molecule has 8 heteroatoms. The van der Waals surface area contributed by atoms with E-state index >= 15 is 0 Å². The maximum Gasteiger partial charge on any atom is 0.282 e. The molecule has 0 aliphatic carbocycles. The highest BCUT2D eigenvalue weighted by molar-refractivity contribution is 5.88. The highest BCUT2D eigenvalue weighted by atomic mass is 16.7. The van der Waals surface area contributed by atoms with Gasteiger partial charge in [-0.3, -0.25) is 15.1 Å². The van der Waals surface area contributed by atoms with Gasteiger partial charge >= 0.3 is 0 Å². The van der Waals surface area contributed by atoms with Gasteiger partial charge in [0.05, 0.1) is 35.5 Å². The Bertz CT molecular complexity index is 845. The number of anilines is 1. The lowest BCUT2D eigenvalue weighted by molar-refractivity contribution is -0.385. The van der Waals surface area contributed by atoms with Gasteiger partial charge in [0.25, 0.3) is 5.69 Å². The molecular weight excluding hydrogens is 338 g/mol. The number of aliphatic imine (C=N–C) groups is 1. The average Bonchev–Trinajstić information content (AvgIpc) is 3.14. The number of nitro groups is 1. The summed E-state index contributed by atoms with van der Waals surface area (Å²) < 4.78 is 15.8. The first-order valence-electron chi connectivity index (χ1n) is 8.25. The lowest BCUT2D eigenvalue weighted by Crippen LogP contribution is -2.36. The van der Waals surface area contributed by atoms with Gasteiger partial charge in [0.2, 0.25) is 6.79 Å². The second-order valence-corrected chi connectivity index (χ2v) is 5.90. The summed E-state index contributed by atoms with van der Waals surface area (Å²) in [7, 11) is 0. The van der Waals surface area contributed by atoms with Gasteiger partial charge in [-0.15, -0.1) is 0 Å². The van der Waals surface area contributed by atoms with Crippen LogP contribution in [0.25, 0.3) is 0 Å². The van der Waals surface area contributed by atoms with Crippen LogP contribution in [0.2, 0.25) is 0 Å². The Morgan fingerprint density at radius 2 is 1.77 bits per heavy atom. The third-order valence-electron chi connectivity index (χ3n) is 4.30. The molecule has 2 aromatic carbocycles. The highest BCUT2D eigenvalue weighted by Crippen LogP contribution is 2.37. The molecule has 2 aliphatic rings. The van der Waals surface area contributed by atoms with Gasteiger partial charge in [0, 0.05) is 25.0 Å². The van der Waals surface area contributed by atoms with Gasteiger partial charge in [-0.05, 0) is 30.3 Å². The third-order valence-corrected chi connectivity index (χ3v) is 4.30. The Balaban J connectivity index is 1.55. The predicted molar refractivity (Wildman–Crippen MR) is 95.9 cm³/mol. The lowest BCUT2D eigenvalue weighted by atomic mass is 10.1. The lowest BCUT2D eigenvalue weighted by Gasteiger charge is -2.28. The van der Waals surface area contributed by atoms with Crippen LogP contribution in [0.5, 0.6) is 11.5 Å². The average molecular weight is 355 g/mol. The van der Waals surface area contributed by atoms with Crippen molar-refractivity contribution in [2.45, 2.75) is 0 Å². The SMILES string of the molecule is O=[N+]([O-])c1cc2c(cc1C=Nc1ccc(N3CCOCC3)cc1)OCO2. The van der Waals surface area contributed by atoms with Crippen molar-refractivity contribution in [1.82, 2.24) is 0 Å². The van der Waals surface area contributed by atoms with Gasteiger partial charge in [0.1, 0.15) is 0 Å². The molecule has 26 heavy (non-hydrogen) atoms. The zero-order valence-corrected chi connectivity index (χ0v) is 14.0. The molecule has 0 saturated carbocycles. The van der Waals surface area contributed by atoms with Gasteiger partial charge in [0.15, 0.2) is 11.5 Å². The van der Waals surface area contributed by atoms with Gasteiger partial charge in [-0.25, -0.2) is 0 Å². The molecule has 0 atom stereocenters. The summed E-state index contributed by atoms with van der Waals surface area (Å²) in [5.41, 5.74) is 2.13. The number of benzene rings is 2. The molecule has 0 amide bonds. The standard InChI is InChI=1S/C18H17N3O5/c22-21(23)16-10-18-17(25-12-26-18)9-13(16)11-19-14-1-3-15(4-2-14)20-5-7-24-8-6-20/h1-4,9-11H,5-8,12H2. The van der Waals surface area contributed by atoms with Crippen molar-refractivity contribution < 1.29 is 19.1 Å². The summed E-state index contributed by atoms with van der Waals surface area (Å²) in [4.78, 5) is 17.4. The van der Waals surface area contributed by atoms with Crippen LogP contribution in [0.4, 0.5) is 17.1 Å². The van der Waals surface area contributed by atoms with Crippen LogP contribution >= 0.6 is 0 Å². The van der Waals surface area contributed by atoms with Crippen molar-refractivity contribution in [1.29, 1.82) is 0 Å². The van der Waals surface area contributed by atoms with Gasteiger partial charge < -0.3 is 19.1 Å². The summed E-state index contributed by atoms with van der Waals surface area (Å²) >= 11 is 0. The van der Waals surface area contributed by atoms with E-state index in [0.717, 1.165) is 32.0 Å². The minimum atomic E-state index is -0.454. The zero-order valence-electron chi connectivity index (χ0n) is 14.0. The number of hydrogen-bond acceptors (Lipinski definition) is 7. The van der Waals surface area contributed by atoms with E-state index in [0.29, 0.717) is 22.7 Å². The van der Waals surface area contributed by atoms with E-state index in [4.69, 9.17) is 14.2 Å². The number of hydrogen-bond donors (Lipinski definition) is 0. The first kappa shape index (κ1) is 16.3. The monoisotopic (exact) mass is 355 g/mol. The van der Waals surface area contributed by atoms with Crippen molar-refractivity contribution in [3.63, 3.8) is 0 Å². The zero-order chi connectivity index (χ0) is 17.9. The van der Waals surface area contributed by atoms with Crippen molar-refractivity contribution in [3.8, 4) is 11.5 Å². The second-order valence-electron chi connectivity index (χ2n) is 5.90. The fourth-order valence-corrected chi connectivity index (χ4v) is 2.92. The third kappa shape index (κ3) is 3.31. The summed E-state index contributed by atoms with van der Waals surface area (Å²) in [6.45, 7) is 3.26. The highest BCUT2D eigenvalue weighted by Gasteiger charge is 2.22. The van der Waals surface area contributed by atoms with Crippen LogP contribution in [-0.2, 0) is 4.74 Å². The second kappa shape index (κ2) is 7.01. The Kier molecular flexibility index (Phi) is 4.40. The molecule has 0 N–H and O–H groups in total. The molecule has 1 saturated heterocycles. The van der Waals surface area contributed by atoms with Gasteiger partial charge in [-0.1, -0.05) is 0 Å². The Morgan fingerprint density at radius 1 is 1.08 bits per heavy atom. The molecule has 0 spiro atoms. The van der Waals surface area contributed by atoms with E-state index < -0.39 is 4.92 Å². The first-order valence-corrected chi connectivity index (χ1v) is 8.25. The van der Waals surface area contributed by atoms with Crippen molar-refractivity contribution in [3.05, 3.63) is 52.1 Å². The predicted octanol–water partition coefficient (Wildman–Crippen LogP) is 2.91. The van der Waals surface area contributed by atoms with E-state index in [-0.39, 0.29) is 12.5 Å². The molecule has 4 rings (SSSR count). The molecule has 2 heterocycles. The number of fused-ring (bicyclic) bond motifs is 1. The Labute approximate surface area is 149 Å². The quantitative estimate of drug-likeness (QED) is 0.476. The largest absolute Gasteiger partial charge is 0.454 e. The van der Waals surface area contributed by atoms with E-state index in [9.17, 15) is 10.1 Å². The Morgan fingerprint density at radius 3 is 2.46 bits per heavy atom. The van der Waals surface area contributed by atoms with Gasteiger partial charge in [-0.2, -0.15) is 0 Å². The summed E-state index contributed by atoms with van der Waals surface area (Å²) in [6, 6.07) is 10.7. The van der Waals surface area contributed by atoms with Crippen LogP contribution in [0, 0.1) is 10.1 Å². The molecule has 0 unspecified atom stereocenters. The number of nitro benzene ring substituents is 1. The molecule has 0 aromatic heterocycles. The maximum atomic E-state index is 11.3. The normalized spacial score (nSPS) is 16.2. The topological polar surface area (TPSA) is 86.4 Å². The molecule has 1 fully saturated rings. The van der Waals surface area contributed by atoms with Crippen LogP contribution < -0.4 is 14.4 Å². The fraction of sp³-hybridized carbons (Fsp3) is 0.278. The van der Waals surface area contributed by atoms with Crippen LogP contribution in [0.1, 0.15) is 5.56 Å². The Hall–Kier alpha value is -3.13. The molecule has 2 aliphatic heterocycles. The van der Waals surface area contributed by atoms with E-state index in [1.807, 2.05) is 24.3 Å². The fourth-order valence-electron chi connectivity index (χ4n) is 2.92. The minimum absolute atomic E-state index is 0.0656. The molecule has 134 valence electrons. The van der Waals surface area contributed by atoms with Crippen molar-refractivity contribution in [2.24, 2.45) is 4.99 Å². The van der Waals surface area contributed by atoms with Crippen molar-refractivity contribution in [2.75, 3.05) is 38.0 Å². The van der Waals surface area contributed by atoms with Crippen LogP contribution in [0.15, 0.2) is 41.4 Å². The first-order chi connectivity index (χ1) is 12.7. The van der Waals surface area contributed by atoms with E-state index in [2.05, 4.69) is 9.89 Å². The number of nitrogens with zero attached hydrogens (tertiary/aromatic N) is 3. The van der Waals surface area contributed by atoms with E-state index in [1.165, 1.54) is 12.3 Å². The van der Waals surface area contributed by atoms with Crippen molar-refractivity contribution >= 4 is 23.3 Å². The van der Waals surface area contributed by atoms with E-state index in [1.54, 1.807) is 6.07 Å². The number of morpholine rings is 1. The minimum Gasteiger partial charge on any atom is -0.454 e. The van der Waals surface area contributed by atoms with Crippen LogP contribution in [0.3, 0.4) is 0 Å². The van der Waals surface area contributed by atoms with Crippen LogP contribution in [-0.4, -0.2) is 44.2 Å². The molecule has 0 bridgehead atoms. The molecular formula is C18H17N3O5. The molecule has 2 aromatic rings. The smallest absolute Gasteiger partial charge is 0.282 e. The summed E-state index contributed by atoms with van der Waals surface area (Å²) in [6.07, 6.45) is 1.48.